The van der Waals surface area contributed by atoms with Gasteiger partial charge in [0.05, 0.1) is 29.6 Å². The zero-order valence-corrected chi connectivity index (χ0v) is 34.5. The highest BCUT2D eigenvalue weighted by Gasteiger charge is 2.26. The Bertz CT molecular complexity index is 2800. The average Bonchev–Trinajstić information content (AvgIpc) is 3.83. The molecule has 0 bridgehead atoms. The number of fused-ring (bicyclic) bond motifs is 2. The van der Waals surface area contributed by atoms with Crippen molar-refractivity contribution in [3.05, 3.63) is 203 Å². The van der Waals surface area contributed by atoms with Crippen molar-refractivity contribution in [3.8, 4) is 9.75 Å². The van der Waals surface area contributed by atoms with Gasteiger partial charge in [0.2, 0.25) is 0 Å². The van der Waals surface area contributed by atoms with Gasteiger partial charge in [-0.15, -0.1) is 22.7 Å². The van der Waals surface area contributed by atoms with Crippen LogP contribution in [0.1, 0.15) is 33.4 Å². The molecule has 0 aliphatic carbocycles. The first kappa shape index (κ1) is 37.6. The van der Waals surface area contributed by atoms with Crippen molar-refractivity contribution < 1.29 is 9.84 Å². The molecule has 0 radical (unpaired) electrons. The van der Waals surface area contributed by atoms with E-state index in [4.69, 9.17) is 4.74 Å². The number of aryl methyl sites for hydroxylation is 3. The number of hydrogen-bond acceptors (Lipinski definition) is 6. The van der Waals surface area contributed by atoms with E-state index in [2.05, 4.69) is 188 Å². The van der Waals surface area contributed by atoms with Crippen LogP contribution in [0.5, 0.6) is 0 Å². The molecule has 0 saturated heterocycles. The minimum absolute atomic E-state index is 0.0113. The number of nitrogens with zero attached hydrogens (tertiary/aromatic N) is 2. The summed E-state index contributed by atoms with van der Waals surface area (Å²) in [6, 6.07) is 60.8. The van der Waals surface area contributed by atoms with Gasteiger partial charge < -0.3 is 19.6 Å². The zero-order valence-electron chi connectivity index (χ0n) is 32.9. The maximum absolute atomic E-state index is 9.85. The SMILES string of the molecule is Cc1ccc(COCc2ccc(N(c3ccc(C)cc3)c3sc(-c4sc(N(c5ccc(C)cc5)c5ccc(CO)cc5)c5ccccc45)c4ccccc34)cc2)cc1. The number of thiophene rings is 2. The fourth-order valence-corrected chi connectivity index (χ4v) is 10.2. The largest absolute Gasteiger partial charge is 0.392 e. The molecule has 2 heterocycles. The Balaban J connectivity index is 1.15. The summed E-state index contributed by atoms with van der Waals surface area (Å²) in [5.41, 5.74) is 11.2. The predicted octanol–water partition coefficient (Wildman–Crippen LogP) is 14.9. The van der Waals surface area contributed by atoms with E-state index in [0.29, 0.717) is 13.2 Å². The molecule has 2 aromatic heterocycles. The van der Waals surface area contributed by atoms with Crippen molar-refractivity contribution >= 4 is 77.0 Å². The lowest BCUT2D eigenvalue weighted by molar-refractivity contribution is 0.107. The molecule has 0 aliphatic heterocycles. The quantitative estimate of drug-likeness (QED) is 0.134. The second kappa shape index (κ2) is 16.5. The second-order valence-electron chi connectivity index (χ2n) is 14.9. The average molecular weight is 793 g/mol. The van der Waals surface area contributed by atoms with Crippen LogP contribution in [0.2, 0.25) is 0 Å². The first-order chi connectivity index (χ1) is 28.4. The van der Waals surface area contributed by atoms with E-state index in [-0.39, 0.29) is 6.61 Å². The predicted molar refractivity (Wildman–Crippen MR) is 247 cm³/mol. The second-order valence-corrected chi connectivity index (χ2v) is 16.9. The smallest absolute Gasteiger partial charge is 0.109 e. The van der Waals surface area contributed by atoms with Crippen molar-refractivity contribution in [2.45, 2.75) is 40.6 Å². The van der Waals surface area contributed by atoms with Crippen LogP contribution < -0.4 is 9.80 Å². The van der Waals surface area contributed by atoms with Gasteiger partial charge in [0.15, 0.2) is 0 Å². The van der Waals surface area contributed by atoms with Gasteiger partial charge in [0.1, 0.15) is 10.0 Å². The van der Waals surface area contributed by atoms with E-state index in [0.717, 1.165) is 38.9 Å². The van der Waals surface area contributed by atoms with Crippen LogP contribution in [0.4, 0.5) is 32.8 Å². The summed E-state index contributed by atoms with van der Waals surface area (Å²) in [6.45, 7) is 7.51. The fourth-order valence-electron chi connectivity index (χ4n) is 7.44. The Morgan fingerprint density at radius 2 is 0.707 bits per heavy atom. The van der Waals surface area contributed by atoms with Gasteiger partial charge in [-0.2, -0.15) is 0 Å². The molecule has 58 heavy (non-hydrogen) atoms. The van der Waals surface area contributed by atoms with Gasteiger partial charge in [-0.25, -0.2) is 0 Å². The summed E-state index contributed by atoms with van der Waals surface area (Å²) < 4.78 is 6.14. The van der Waals surface area contributed by atoms with Crippen molar-refractivity contribution in [2.24, 2.45) is 0 Å². The first-order valence-electron chi connectivity index (χ1n) is 19.6. The minimum Gasteiger partial charge on any atom is -0.392 e. The Morgan fingerprint density at radius 1 is 0.397 bits per heavy atom. The molecule has 0 aliphatic rings. The molecule has 0 saturated carbocycles. The van der Waals surface area contributed by atoms with Gasteiger partial charge in [0, 0.05) is 44.3 Å². The molecule has 7 aromatic carbocycles. The number of rotatable bonds is 12. The van der Waals surface area contributed by atoms with Gasteiger partial charge >= 0.3 is 0 Å². The molecule has 0 amide bonds. The van der Waals surface area contributed by atoms with Crippen LogP contribution in [-0.4, -0.2) is 5.11 Å². The summed E-state index contributed by atoms with van der Waals surface area (Å²) in [7, 11) is 0. The normalized spacial score (nSPS) is 11.4. The van der Waals surface area contributed by atoms with Crippen LogP contribution >= 0.6 is 22.7 Å². The Labute approximate surface area is 348 Å². The summed E-state index contributed by atoms with van der Waals surface area (Å²) in [4.78, 5) is 7.26. The number of ether oxygens (including phenoxy) is 1. The summed E-state index contributed by atoms with van der Waals surface area (Å²) in [5, 5.41) is 17.0. The van der Waals surface area contributed by atoms with E-state index >= 15 is 0 Å². The number of hydrogen-bond donors (Lipinski definition) is 1. The topological polar surface area (TPSA) is 35.9 Å². The molecule has 0 atom stereocenters. The summed E-state index contributed by atoms with van der Waals surface area (Å²) >= 11 is 3.68. The van der Waals surface area contributed by atoms with Crippen molar-refractivity contribution in [1.29, 1.82) is 0 Å². The van der Waals surface area contributed by atoms with E-state index in [1.165, 1.54) is 58.6 Å². The summed E-state index contributed by atoms with van der Waals surface area (Å²) in [6.07, 6.45) is 0. The number of anilines is 6. The van der Waals surface area contributed by atoms with E-state index < -0.39 is 0 Å². The van der Waals surface area contributed by atoms with Crippen molar-refractivity contribution in [3.63, 3.8) is 0 Å². The maximum atomic E-state index is 9.85. The molecule has 4 nitrogen and oxygen atoms in total. The molecule has 9 rings (SSSR count). The molecular weight excluding hydrogens is 749 g/mol. The third-order valence-electron chi connectivity index (χ3n) is 10.6. The highest BCUT2D eigenvalue weighted by atomic mass is 32.1. The van der Waals surface area contributed by atoms with Crippen LogP contribution in [0, 0.1) is 20.8 Å². The Morgan fingerprint density at radius 3 is 1.09 bits per heavy atom. The maximum Gasteiger partial charge on any atom is 0.109 e. The fraction of sp³-hybridized carbons (Fsp3) is 0.115. The van der Waals surface area contributed by atoms with Gasteiger partial charge in [-0.1, -0.05) is 138 Å². The van der Waals surface area contributed by atoms with Crippen LogP contribution in [0.25, 0.3) is 31.3 Å². The highest BCUT2D eigenvalue weighted by molar-refractivity contribution is 7.28. The molecule has 0 spiro atoms. The number of aliphatic hydroxyl groups excluding tert-OH is 1. The molecule has 0 fully saturated rings. The van der Waals surface area contributed by atoms with Crippen LogP contribution in [-0.2, 0) is 24.6 Å². The first-order valence-corrected chi connectivity index (χ1v) is 21.3. The van der Waals surface area contributed by atoms with Gasteiger partial charge in [-0.05, 0) is 86.0 Å². The van der Waals surface area contributed by atoms with Gasteiger partial charge in [0.25, 0.3) is 0 Å². The molecule has 9 aromatic rings. The van der Waals surface area contributed by atoms with Crippen LogP contribution in [0.3, 0.4) is 0 Å². The molecular formula is C52H44N2O2S2. The minimum atomic E-state index is 0.0113. The summed E-state index contributed by atoms with van der Waals surface area (Å²) in [5.74, 6) is 0. The van der Waals surface area contributed by atoms with E-state index in [9.17, 15) is 5.11 Å². The van der Waals surface area contributed by atoms with E-state index in [1.807, 2.05) is 34.8 Å². The lowest BCUT2D eigenvalue weighted by Crippen LogP contribution is -2.09. The van der Waals surface area contributed by atoms with E-state index in [1.54, 1.807) is 0 Å². The molecule has 1 N–H and O–H groups in total. The van der Waals surface area contributed by atoms with Crippen LogP contribution in [0.15, 0.2) is 170 Å². The lowest BCUT2D eigenvalue weighted by Gasteiger charge is -2.25. The molecule has 6 heteroatoms. The zero-order chi connectivity index (χ0) is 39.6. The number of aliphatic hydroxyl groups is 1. The molecule has 0 unspecified atom stereocenters. The Kier molecular flexibility index (Phi) is 10.7. The molecule has 286 valence electrons. The third-order valence-corrected chi connectivity index (χ3v) is 13.2. The lowest BCUT2D eigenvalue weighted by atomic mass is 10.1. The number of benzene rings is 7. The Hall–Kier alpha value is -6.02. The third kappa shape index (κ3) is 7.55. The van der Waals surface area contributed by atoms with Crippen molar-refractivity contribution in [2.75, 3.05) is 9.80 Å². The van der Waals surface area contributed by atoms with Crippen molar-refractivity contribution in [1.82, 2.24) is 0 Å². The standard InChI is InChI=1S/C52H44N2O2S2/c1-35-12-18-39(19-13-35)33-56-34-40-22-30-44(31-23-40)54(42-26-16-37(3)17-27-42)52-48-11-7-5-9-46(48)50(58-52)49-45-8-4-6-10-47(45)51(57-49)53(41-24-14-36(2)15-25-41)43-28-20-38(32-55)21-29-43/h4-31,55H,32-34H2,1-3H3. The van der Waals surface area contributed by atoms with Gasteiger partial charge in [-0.3, -0.25) is 0 Å². The monoisotopic (exact) mass is 792 g/mol. The highest BCUT2D eigenvalue weighted by Crippen LogP contribution is 2.55.